The molecule has 3 rings (SSSR count). The molecule has 0 spiro atoms. The molecule has 0 bridgehead atoms. The van der Waals surface area contributed by atoms with Crippen molar-refractivity contribution >= 4 is 17.5 Å². The second-order valence-electron chi connectivity index (χ2n) is 7.64. The predicted octanol–water partition coefficient (Wildman–Crippen LogP) is 3.43. The summed E-state index contributed by atoms with van der Waals surface area (Å²) in [7, 11) is 0. The van der Waals surface area contributed by atoms with E-state index in [1.165, 1.54) is 25.7 Å². The number of hydrogen-bond donors (Lipinski definition) is 1. The lowest BCUT2D eigenvalue weighted by molar-refractivity contribution is -0.120. The average Bonchev–Trinajstić information content (AvgIpc) is 3.04. The minimum Gasteiger partial charge on any atom is -0.339 e. The molecule has 2 aliphatic heterocycles. The summed E-state index contributed by atoms with van der Waals surface area (Å²) in [6, 6.07) is 5.47. The predicted molar refractivity (Wildman–Crippen MR) is 104 cm³/mol. The Morgan fingerprint density at radius 2 is 1.58 bits per heavy atom. The first kappa shape index (κ1) is 18.9. The van der Waals surface area contributed by atoms with Gasteiger partial charge in [-0.05, 0) is 76.4 Å². The van der Waals surface area contributed by atoms with Crippen LogP contribution in [0.3, 0.4) is 0 Å². The van der Waals surface area contributed by atoms with Crippen LogP contribution >= 0.6 is 0 Å². The third-order valence-corrected chi connectivity index (χ3v) is 5.69. The number of benzene rings is 1. The molecule has 5 nitrogen and oxygen atoms in total. The quantitative estimate of drug-likeness (QED) is 0.898. The number of carbonyl (C=O) groups excluding carboxylic acids is 2. The zero-order valence-corrected chi connectivity index (χ0v) is 16.1. The Morgan fingerprint density at radius 1 is 0.962 bits per heavy atom. The van der Waals surface area contributed by atoms with E-state index in [1.807, 2.05) is 36.9 Å². The maximum atomic E-state index is 12.7. The summed E-state index contributed by atoms with van der Waals surface area (Å²) in [5, 5.41) is 3.06. The number of anilines is 1. The van der Waals surface area contributed by atoms with Gasteiger partial charge in [-0.1, -0.05) is 12.8 Å². The Kier molecular flexibility index (Phi) is 6.30. The molecule has 26 heavy (non-hydrogen) atoms. The van der Waals surface area contributed by atoms with Crippen LogP contribution < -0.4 is 5.32 Å². The van der Waals surface area contributed by atoms with Crippen molar-refractivity contribution in [2.75, 3.05) is 31.5 Å². The fraction of sp³-hybridized carbons (Fsp3) is 0.619. The Balaban J connectivity index is 1.63. The maximum absolute atomic E-state index is 12.7. The van der Waals surface area contributed by atoms with Crippen LogP contribution in [0.5, 0.6) is 0 Å². The van der Waals surface area contributed by atoms with Gasteiger partial charge in [0.15, 0.2) is 0 Å². The van der Waals surface area contributed by atoms with Crippen molar-refractivity contribution in [2.24, 2.45) is 0 Å². The van der Waals surface area contributed by atoms with E-state index in [1.54, 1.807) is 0 Å². The molecule has 0 saturated carbocycles. The molecular formula is C21H31N3O2. The van der Waals surface area contributed by atoms with Gasteiger partial charge in [-0.3, -0.25) is 14.5 Å². The lowest BCUT2D eigenvalue weighted by atomic mass is 10.1. The molecule has 2 saturated heterocycles. The lowest BCUT2D eigenvalue weighted by Gasteiger charge is -2.26. The fourth-order valence-corrected chi connectivity index (χ4v) is 3.93. The van der Waals surface area contributed by atoms with Gasteiger partial charge in [-0.2, -0.15) is 0 Å². The van der Waals surface area contributed by atoms with Crippen LogP contribution in [0.1, 0.15) is 61.4 Å². The number of carbonyl (C=O) groups is 2. The van der Waals surface area contributed by atoms with Crippen molar-refractivity contribution in [3.8, 4) is 0 Å². The van der Waals surface area contributed by atoms with Gasteiger partial charge in [0.05, 0.1) is 6.04 Å². The number of aryl methyl sites for hydroxylation is 1. The highest BCUT2D eigenvalue weighted by Crippen LogP contribution is 2.21. The molecule has 1 N–H and O–H groups in total. The Bertz CT molecular complexity index is 645. The third-order valence-electron chi connectivity index (χ3n) is 5.69. The molecule has 2 fully saturated rings. The van der Waals surface area contributed by atoms with Gasteiger partial charge in [-0.15, -0.1) is 0 Å². The van der Waals surface area contributed by atoms with E-state index in [0.29, 0.717) is 5.56 Å². The largest absolute Gasteiger partial charge is 0.339 e. The molecule has 1 aromatic carbocycles. The van der Waals surface area contributed by atoms with Gasteiger partial charge >= 0.3 is 0 Å². The second-order valence-corrected chi connectivity index (χ2v) is 7.64. The molecule has 1 atom stereocenters. The molecule has 2 amide bonds. The van der Waals surface area contributed by atoms with E-state index >= 15 is 0 Å². The van der Waals surface area contributed by atoms with Gasteiger partial charge in [0.1, 0.15) is 0 Å². The first-order valence-corrected chi connectivity index (χ1v) is 10.0. The van der Waals surface area contributed by atoms with Crippen LogP contribution in [-0.2, 0) is 4.79 Å². The zero-order valence-electron chi connectivity index (χ0n) is 16.1. The van der Waals surface area contributed by atoms with Crippen LogP contribution in [0, 0.1) is 6.92 Å². The van der Waals surface area contributed by atoms with Crippen molar-refractivity contribution in [1.29, 1.82) is 0 Å². The molecule has 1 unspecified atom stereocenters. The molecular weight excluding hydrogens is 326 g/mol. The standard InChI is InChI=1S/C21H31N3O2/c1-16-15-18(21(26)24-13-7-8-14-24)9-10-19(16)22-20(25)17(2)23-11-5-3-4-6-12-23/h9-10,15,17H,3-8,11-14H2,1-2H3,(H,22,25). The second kappa shape index (κ2) is 8.67. The van der Waals surface area contributed by atoms with E-state index in [0.717, 1.165) is 50.3 Å². The SMILES string of the molecule is Cc1cc(C(=O)N2CCCC2)ccc1NC(=O)C(C)N1CCCCCC1. The van der Waals surface area contributed by atoms with E-state index in [-0.39, 0.29) is 17.9 Å². The first-order chi connectivity index (χ1) is 12.6. The summed E-state index contributed by atoms with van der Waals surface area (Å²) in [6.45, 7) is 7.63. The van der Waals surface area contributed by atoms with E-state index < -0.39 is 0 Å². The Morgan fingerprint density at radius 3 is 2.19 bits per heavy atom. The van der Waals surface area contributed by atoms with Gasteiger partial charge in [-0.25, -0.2) is 0 Å². The highest BCUT2D eigenvalue weighted by molar-refractivity contribution is 5.98. The average molecular weight is 357 g/mol. The number of hydrogen-bond acceptors (Lipinski definition) is 3. The van der Waals surface area contributed by atoms with Crippen LogP contribution in [0.2, 0.25) is 0 Å². The molecule has 0 radical (unpaired) electrons. The van der Waals surface area contributed by atoms with Crippen LogP contribution in [0.15, 0.2) is 18.2 Å². The minimum absolute atomic E-state index is 0.0358. The lowest BCUT2D eigenvalue weighted by Crippen LogP contribution is -2.42. The van der Waals surface area contributed by atoms with Crippen molar-refractivity contribution < 1.29 is 9.59 Å². The van der Waals surface area contributed by atoms with Gasteiger partial charge < -0.3 is 10.2 Å². The first-order valence-electron chi connectivity index (χ1n) is 10.0. The Hall–Kier alpha value is -1.88. The number of likely N-dealkylation sites (tertiary alicyclic amines) is 2. The summed E-state index contributed by atoms with van der Waals surface area (Å²) in [6.07, 6.45) is 7.04. The summed E-state index contributed by atoms with van der Waals surface area (Å²) in [5.74, 6) is 0.134. The van der Waals surface area contributed by atoms with Crippen molar-refractivity contribution in [1.82, 2.24) is 9.80 Å². The number of nitrogens with zero attached hydrogens (tertiary/aromatic N) is 2. The Labute approximate surface area is 156 Å². The molecule has 2 aliphatic rings. The van der Waals surface area contributed by atoms with Crippen LogP contribution in [0.4, 0.5) is 5.69 Å². The van der Waals surface area contributed by atoms with Crippen molar-refractivity contribution in [3.63, 3.8) is 0 Å². The van der Waals surface area contributed by atoms with Gasteiger partial charge in [0.25, 0.3) is 5.91 Å². The monoisotopic (exact) mass is 357 g/mol. The molecule has 2 heterocycles. The summed E-state index contributed by atoms with van der Waals surface area (Å²) < 4.78 is 0. The fourth-order valence-electron chi connectivity index (χ4n) is 3.93. The summed E-state index contributed by atoms with van der Waals surface area (Å²) in [5.41, 5.74) is 2.45. The number of amides is 2. The van der Waals surface area contributed by atoms with Crippen LogP contribution in [-0.4, -0.2) is 53.8 Å². The third kappa shape index (κ3) is 4.44. The minimum atomic E-state index is -0.126. The highest BCUT2D eigenvalue weighted by Gasteiger charge is 2.23. The molecule has 1 aromatic rings. The molecule has 5 heteroatoms. The van der Waals surface area contributed by atoms with E-state index in [2.05, 4.69) is 10.2 Å². The maximum Gasteiger partial charge on any atom is 0.253 e. The van der Waals surface area contributed by atoms with Crippen molar-refractivity contribution in [3.05, 3.63) is 29.3 Å². The normalized spacial score (nSPS) is 19.8. The smallest absolute Gasteiger partial charge is 0.253 e. The molecule has 142 valence electrons. The van der Waals surface area contributed by atoms with Crippen LogP contribution in [0.25, 0.3) is 0 Å². The molecule has 0 aliphatic carbocycles. The summed E-state index contributed by atoms with van der Waals surface area (Å²) >= 11 is 0. The highest BCUT2D eigenvalue weighted by atomic mass is 16.2. The zero-order chi connectivity index (χ0) is 18.5. The summed E-state index contributed by atoms with van der Waals surface area (Å²) in [4.78, 5) is 29.4. The van der Waals surface area contributed by atoms with E-state index in [4.69, 9.17) is 0 Å². The molecule has 0 aromatic heterocycles. The number of rotatable bonds is 4. The number of nitrogens with one attached hydrogen (secondary N) is 1. The topological polar surface area (TPSA) is 52.7 Å². The van der Waals surface area contributed by atoms with E-state index in [9.17, 15) is 9.59 Å². The van der Waals surface area contributed by atoms with Gasteiger partial charge in [0, 0.05) is 24.3 Å². The van der Waals surface area contributed by atoms with Crippen molar-refractivity contribution in [2.45, 2.75) is 58.4 Å². The van der Waals surface area contributed by atoms with Gasteiger partial charge in [0.2, 0.25) is 5.91 Å².